The van der Waals surface area contributed by atoms with Gasteiger partial charge in [-0.15, -0.1) is 0 Å². The quantitative estimate of drug-likeness (QED) is 0.449. The first-order valence-electron chi connectivity index (χ1n) is 9.87. The number of halogens is 2. The van der Waals surface area contributed by atoms with Crippen LogP contribution in [0.5, 0.6) is 0 Å². The van der Waals surface area contributed by atoms with Crippen LogP contribution in [-0.2, 0) is 13.2 Å². The number of rotatable bonds is 5. The number of oxazole rings is 1. The molecule has 0 atom stereocenters. The molecule has 0 unspecified atom stereocenters. The summed E-state index contributed by atoms with van der Waals surface area (Å²) in [4.78, 5) is 21.2. The topological polar surface area (TPSA) is 80.5 Å². The van der Waals surface area contributed by atoms with Crippen molar-refractivity contribution in [3.05, 3.63) is 69.0 Å². The molecule has 8 nitrogen and oxygen atoms in total. The number of hydrogen-bond donors (Lipinski definition) is 0. The molecule has 10 heteroatoms. The van der Waals surface area contributed by atoms with Crippen LogP contribution in [0.15, 0.2) is 56.2 Å². The van der Waals surface area contributed by atoms with Crippen molar-refractivity contribution in [1.29, 1.82) is 0 Å². The first kappa shape index (κ1) is 20.3. The van der Waals surface area contributed by atoms with Crippen LogP contribution >= 0.6 is 23.2 Å². The molecule has 0 amide bonds. The molecule has 0 N–H and O–H groups in total. The Morgan fingerprint density at radius 3 is 2.42 bits per heavy atom. The van der Waals surface area contributed by atoms with Crippen molar-refractivity contribution in [2.75, 3.05) is 26.2 Å². The van der Waals surface area contributed by atoms with Crippen LogP contribution in [0.1, 0.15) is 5.89 Å². The Hall–Kier alpha value is -2.65. The fraction of sp³-hybridized carbons (Fsp3) is 0.286. The molecule has 2 aromatic heterocycles. The van der Waals surface area contributed by atoms with E-state index in [0.29, 0.717) is 40.6 Å². The Morgan fingerprint density at radius 1 is 0.935 bits per heavy atom. The van der Waals surface area contributed by atoms with Gasteiger partial charge in [-0.25, -0.2) is 4.79 Å². The van der Waals surface area contributed by atoms with Crippen molar-refractivity contribution < 1.29 is 8.94 Å². The maximum Gasteiger partial charge on any atom is 0.421 e. The summed E-state index contributed by atoms with van der Waals surface area (Å²) in [6.07, 6.45) is 0. The summed E-state index contributed by atoms with van der Waals surface area (Å²) in [5.74, 6) is 0.754. The molecule has 2 aromatic carbocycles. The van der Waals surface area contributed by atoms with Gasteiger partial charge in [-0.1, -0.05) is 28.4 Å². The number of benzene rings is 2. The lowest BCUT2D eigenvalue weighted by Gasteiger charge is -2.33. The Morgan fingerprint density at radius 2 is 1.65 bits per heavy atom. The second-order valence-electron chi connectivity index (χ2n) is 7.46. The van der Waals surface area contributed by atoms with E-state index in [0.717, 1.165) is 37.3 Å². The van der Waals surface area contributed by atoms with E-state index in [1.54, 1.807) is 28.8 Å². The first-order chi connectivity index (χ1) is 15.0. The van der Waals surface area contributed by atoms with Gasteiger partial charge in [0.1, 0.15) is 0 Å². The number of hydrogen-bond acceptors (Lipinski definition) is 7. The molecule has 1 saturated heterocycles. The van der Waals surface area contributed by atoms with E-state index >= 15 is 0 Å². The van der Waals surface area contributed by atoms with E-state index in [-0.39, 0.29) is 5.76 Å². The van der Waals surface area contributed by atoms with Gasteiger partial charge in [-0.05, 0) is 36.4 Å². The molecule has 31 heavy (non-hydrogen) atoms. The summed E-state index contributed by atoms with van der Waals surface area (Å²) in [7, 11) is 0. The Balaban J connectivity index is 1.19. The highest BCUT2D eigenvalue weighted by atomic mass is 35.5. The van der Waals surface area contributed by atoms with Gasteiger partial charge in [0.05, 0.1) is 18.7 Å². The summed E-state index contributed by atoms with van der Waals surface area (Å²) in [5.41, 5.74) is 2.12. The van der Waals surface area contributed by atoms with Crippen molar-refractivity contribution in [2.45, 2.75) is 13.2 Å². The molecule has 1 aliphatic rings. The highest BCUT2D eigenvalue weighted by Gasteiger charge is 2.21. The standard InChI is InChI=1S/C21H19Cl2N5O3/c22-15-3-1-14(2-4-15)20-24-19(31-25-20)12-26-7-9-27(10-8-26)13-28-17-6-5-16(23)11-18(17)30-21(28)29/h1-6,11H,7-10,12-13H2. The molecule has 0 radical (unpaired) electrons. The summed E-state index contributed by atoms with van der Waals surface area (Å²) in [6.45, 7) is 4.34. The smallest absolute Gasteiger partial charge is 0.408 e. The highest BCUT2D eigenvalue weighted by molar-refractivity contribution is 6.31. The molecule has 0 aliphatic carbocycles. The average molecular weight is 460 g/mol. The SMILES string of the molecule is O=c1oc2cc(Cl)ccc2n1CN1CCN(Cc2nc(-c3ccc(Cl)cc3)no2)CC1. The normalized spacial score (nSPS) is 15.7. The third-order valence-electron chi connectivity index (χ3n) is 5.37. The third kappa shape index (κ3) is 4.38. The summed E-state index contributed by atoms with van der Waals surface area (Å²) in [5, 5.41) is 5.28. The average Bonchev–Trinajstić information content (AvgIpc) is 3.34. The zero-order valence-electron chi connectivity index (χ0n) is 16.5. The van der Waals surface area contributed by atoms with Gasteiger partial charge in [0.25, 0.3) is 0 Å². The van der Waals surface area contributed by atoms with Crippen molar-refractivity contribution >= 4 is 34.3 Å². The van der Waals surface area contributed by atoms with E-state index in [1.807, 2.05) is 18.2 Å². The lowest BCUT2D eigenvalue weighted by Crippen LogP contribution is -2.47. The first-order valence-corrected chi connectivity index (χ1v) is 10.6. The van der Waals surface area contributed by atoms with E-state index < -0.39 is 0 Å². The molecule has 0 spiro atoms. The molecular formula is C21H19Cl2N5O3. The van der Waals surface area contributed by atoms with Gasteiger partial charge < -0.3 is 8.94 Å². The monoisotopic (exact) mass is 459 g/mol. The molecule has 0 saturated carbocycles. The van der Waals surface area contributed by atoms with Crippen LogP contribution in [-0.4, -0.2) is 50.7 Å². The zero-order chi connectivity index (χ0) is 21.4. The van der Waals surface area contributed by atoms with Gasteiger partial charge in [0.2, 0.25) is 11.7 Å². The van der Waals surface area contributed by atoms with Gasteiger partial charge in [-0.3, -0.25) is 14.4 Å². The van der Waals surface area contributed by atoms with Crippen molar-refractivity contribution in [1.82, 2.24) is 24.5 Å². The van der Waals surface area contributed by atoms with E-state index in [2.05, 4.69) is 19.9 Å². The number of fused-ring (bicyclic) bond motifs is 1. The molecule has 4 aromatic rings. The highest BCUT2D eigenvalue weighted by Crippen LogP contribution is 2.20. The minimum absolute atomic E-state index is 0.375. The predicted octanol–water partition coefficient (Wildman–Crippen LogP) is 3.73. The van der Waals surface area contributed by atoms with Crippen molar-refractivity contribution in [2.24, 2.45) is 0 Å². The second kappa shape index (κ2) is 8.47. The zero-order valence-corrected chi connectivity index (χ0v) is 18.0. The number of aromatic nitrogens is 3. The van der Waals surface area contributed by atoms with Crippen molar-refractivity contribution in [3.8, 4) is 11.4 Å². The lowest BCUT2D eigenvalue weighted by atomic mass is 10.2. The number of nitrogens with zero attached hydrogens (tertiary/aromatic N) is 5. The van der Waals surface area contributed by atoms with Gasteiger partial charge in [0, 0.05) is 47.9 Å². The summed E-state index contributed by atoms with van der Waals surface area (Å²) >= 11 is 11.9. The molecule has 1 aliphatic heterocycles. The molecule has 5 rings (SSSR count). The minimum Gasteiger partial charge on any atom is -0.408 e. The second-order valence-corrected chi connectivity index (χ2v) is 8.34. The minimum atomic E-state index is -0.375. The maximum absolute atomic E-state index is 12.2. The predicted molar refractivity (Wildman–Crippen MR) is 117 cm³/mol. The van der Waals surface area contributed by atoms with Gasteiger partial charge >= 0.3 is 5.76 Å². The molecule has 0 bridgehead atoms. The maximum atomic E-state index is 12.2. The lowest BCUT2D eigenvalue weighted by molar-refractivity contribution is 0.0942. The van der Waals surface area contributed by atoms with Crippen LogP contribution in [0.2, 0.25) is 10.0 Å². The van der Waals surface area contributed by atoms with Crippen LogP contribution in [0.4, 0.5) is 0 Å². The largest absolute Gasteiger partial charge is 0.421 e. The fourth-order valence-corrected chi connectivity index (χ4v) is 3.98. The van der Waals surface area contributed by atoms with Crippen LogP contribution in [0.25, 0.3) is 22.5 Å². The molecular weight excluding hydrogens is 441 g/mol. The Labute approximate surface area is 187 Å². The molecule has 160 valence electrons. The number of piperazine rings is 1. The van der Waals surface area contributed by atoms with Crippen LogP contribution < -0.4 is 5.76 Å². The summed E-state index contributed by atoms with van der Waals surface area (Å²) in [6, 6.07) is 12.6. The van der Waals surface area contributed by atoms with Crippen LogP contribution in [0.3, 0.4) is 0 Å². The Kier molecular flexibility index (Phi) is 5.54. The fourth-order valence-electron chi connectivity index (χ4n) is 3.69. The van der Waals surface area contributed by atoms with E-state index in [9.17, 15) is 4.79 Å². The molecule has 3 heterocycles. The van der Waals surface area contributed by atoms with Crippen molar-refractivity contribution in [3.63, 3.8) is 0 Å². The summed E-state index contributed by atoms with van der Waals surface area (Å²) < 4.78 is 12.4. The van der Waals surface area contributed by atoms with E-state index in [1.165, 1.54) is 0 Å². The Bertz CT molecular complexity index is 1260. The third-order valence-corrected chi connectivity index (χ3v) is 5.85. The van der Waals surface area contributed by atoms with Crippen LogP contribution in [0, 0.1) is 0 Å². The van der Waals surface area contributed by atoms with Gasteiger partial charge in [-0.2, -0.15) is 4.98 Å². The van der Waals surface area contributed by atoms with Gasteiger partial charge in [0.15, 0.2) is 5.58 Å². The van der Waals surface area contributed by atoms with E-state index in [4.69, 9.17) is 32.1 Å². The molecule has 1 fully saturated rings.